The zero-order valence-corrected chi connectivity index (χ0v) is 35.0. The van der Waals surface area contributed by atoms with Crippen molar-refractivity contribution >= 4 is 16.4 Å². The number of rotatable bonds is 35. The fourth-order valence-corrected chi connectivity index (χ4v) is 6.50. The van der Waals surface area contributed by atoms with Crippen LogP contribution in [0.1, 0.15) is 142 Å². The van der Waals surface area contributed by atoms with Crippen LogP contribution in [0.4, 0.5) is 0 Å². The number of ether oxygens (including phenoxy) is 4. The van der Waals surface area contributed by atoms with E-state index in [1.54, 1.807) is 0 Å². The van der Waals surface area contributed by atoms with Crippen molar-refractivity contribution in [1.82, 2.24) is 0 Å². The molecule has 0 spiro atoms. The molecule has 1 aliphatic heterocycles. The van der Waals surface area contributed by atoms with Gasteiger partial charge in [0.2, 0.25) is 0 Å². The molecule has 1 aliphatic rings. The monoisotopic (exact) mass is 814 g/mol. The van der Waals surface area contributed by atoms with Crippen LogP contribution in [0.15, 0.2) is 60.8 Å². The van der Waals surface area contributed by atoms with Crippen LogP contribution in [0, 0.1) is 0 Å². The molecule has 1 heterocycles. The molecule has 1 saturated heterocycles. The summed E-state index contributed by atoms with van der Waals surface area (Å²) in [6, 6.07) is 0. The molecule has 1 fully saturated rings. The van der Waals surface area contributed by atoms with Crippen molar-refractivity contribution in [3.8, 4) is 0 Å². The molecule has 0 aromatic rings. The average Bonchev–Trinajstić information content (AvgIpc) is 3.17. The number of aliphatic hydroxyl groups is 3. The standard InChI is InChI=1S/C43H74O12S/c1-3-5-7-9-11-13-15-16-17-18-19-20-21-23-25-27-29-31-33-51-35-37(53-39(45)32-30-28-26-24-22-14-12-10-8-6-4-2)36-52-43-41(47)42(55-56(48,49)50)40(46)38(34-44)54-43/h5,7,11,13,16-17,19-20,23,25,37-38,40-44,46-47H,3-4,6,8-10,12,14-15,18,21-22,24,26-36H2,1-2H3,(H,48,49,50)/b7-5-,13-11-,17-16-,20-19-,25-23-. The summed E-state index contributed by atoms with van der Waals surface area (Å²) < 4.78 is 58.8. The maximum Gasteiger partial charge on any atom is 0.397 e. The summed E-state index contributed by atoms with van der Waals surface area (Å²) in [5, 5.41) is 30.6. The van der Waals surface area contributed by atoms with Crippen molar-refractivity contribution in [2.24, 2.45) is 0 Å². The highest BCUT2D eigenvalue weighted by molar-refractivity contribution is 7.80. The van der Waals surface area contributed by atoms with Gasteiger partial charge < -0.3 is 34.3 Å². The molecule has 0 radical (unpaired) electrons. The molecule has 324 valence electrons. The molecule has 0 amide bonds. The first-order chi connectivity index (χ1) is 27.1. The Morgan fingerprint density at radius 2 is 1.23 bits per heavy atom. The fourth-order valence-electron chi connectivity index (χ4n) is 5.99. The second kappa shape index (κ2) is 34.8. The zero-order valence-electron chi connectivity index (χ0n) is 34.2. The average molecular weight is 815 g/mol. The SMILES string of the molecule is CC/C=C\C/C=C\C/C=C\C/C=C\C/C=C\CCCCOCC(COC1OC(CO)C(O)C(OS(=O)(=O)O)C1O)OC(=O)CCCCCCCCCCCCC. The van der Waals surface area contributed by atoms with Gasteiger partial charge in [-0.3, -0.25) is 9.35 Å². The van der Waals surface area contributed by atoms with Gasteiger partial charge in [-0.1, -0.05) is 139 Å². The van der Waals surface area contributed by atoms with Gasteiger partial charge in [-0.2, -0.15) is 8.42 Å². The Balaban J connectivity index is 2.50. The third-order valence-corrected chi connectivity index (χ3v) is 9.62. The van der Waals surface area contributed by atoms with Crippen molar-refractivity contribution in [2.75, 3.05) is 26.4 Å². The molecule has 0 aromatic carbocycles. The molecule has 6 atom stereocenters. The Labute approximate surface area is 338 Å². The zero-order chi connectivity index (χ0) is 41.1. The van der Waals surface area contributed by atoms with E-state index in [9.17, 15) is 28.5 Å². The molecule has 56 heavy (non-hydrogen) atoms. The summed E-state index contributed by atoms with van der Waals surface area (Å²) in [6.07, 6.45) is 32.7. The molecule has 0 bridgehead atoms. The van der Waals surface area contributed by atoms with Gasteiger partial charge in [0.15, 0.2) is 6.29 Å². The summed E-state index contributed by atoms with van der Waals surface area (Å²) in [4.78, 5) is 12.8. The van der Waals surface area contributed by atoms with E-state index in [2.05, 4.69) is 78.8 Å². The summed E-state index contributed by atoms with van der Waals surface area (Å²) in [6.45, 7) is 3.73. The van der Waals surface area contributed by atoms with E-state index in [0.29, 0.717) is 13.0 Å². The fraction of sp³-hybridized carbons (Fsp3) is 0.744. The Morgan fingerprint density at radius 1 is 0.696 bits per heavy atom. The van der Waals surface area contributed by atoms with E-state index in [4.69, 9.17) is 23.5 Å². The maximum absolute atomic E-state index is 12.8. The van der Waals surface area contributed by atoms with Crippen LogP contribution in [-0.4, -0.2) is 97.5 Å². The van der Waals surface area contributed by atoms with Crippen LogP contribution in [0.25, 0.3) is 0 Å². The minimum absolute atomic E-state index is 0.00544. The molecular formula is C43H74O12S. The molecule has 0 aliphatic carbocycles. The van der Waals surface area contributed by atoms with Gasteiger partial charge in [-0.25, -0.2) is 4.18 Å². The molecule has 4 N–H and O–H groups in total. The highest BCUT2D eigenvalue weighted by Crippen LogP contribution is 2.26. The smallest absolute Gasteiger partial charge is 0.397 e. The lowest BCUT2D eigenvalue weighted by atomic mass is 9.99. The first kappa shape index (κ1) is 51.8. The Morgan fingerprint density at radius 3 is 1.77 bits per heavy atom. The Bertz CT molecular complexity index is 1220. The molecule has 1 rings (SSSR count). The summed E-state index contributed by atoms with van der Waals surface area (Å²) >= 11 is 0. The van der Waals surface area contributed by atoms with Gasteiger partial charge in [0.05, 0.1) is 19.8 Å². The lowest BCUT2D eigenvalue weighted by Gasteiger charge is -2.41. The Kier molecular flexibility index (Phi) is 32.2. The molecule has 12 nitrogen and oxygen atoms in total. The summed E-state index contributed by atoms with van der Waals surface area (Å²) in [7, 11) is -5.07. The van der Waals surface area contributed by atoms with E-state index in [1.807, 2.05) is 0 Å². The van der Waals surface area contributed by atoms with E-state index < -0.39 is 59.8 Å². The third kappa shape index (κ3) is 28.2. The van der Waals surface area contributed by atoms with Crippen LogP contribution < -0.4 is 0 Å². The highest BCUT2D eigenvalue weighted by Gasteiger charge is 2.48. The molecular weight excluding hydrogens is 741 g/mol. The minimum Gasteiger partial charge on any atom is -0.457 e. The number of esters is 1. The van der Waals surface area contributed by atoms with Crippen molar-refractivity contribution in [2.45, 2.75) is 179 Å². The molecule has 0 saturated carbocycles. The first-order valence-corrected chi connectivity index (χ1v) is 22.4. The van der Waals surface area contributed by atoms with Gasteiger partial charge >= 0.3 is 16.4 Å². The second-order valence-corrected chi connectivity index (χ2v) is 15.3. The van der Waals surface area contributed by atoms with Gasteiger partial charge in [-0.15, -0.1) is 0 Å². The number of hydrogen-bond donors (Lipinski definition) is 4. The molecule has 0 aromatic heterocycles. The van der Waals surface area contributed by atoms with Crippen molar-refractivity contribution in [1.29, 1.82) is 0 Å². The normalized spacial score (nSPS) is 21.4. The number of allylic oxidation sites excluding steroid dienone is 10. The summed E-state index contributed by atoms with van der Waals surface area (Å²) in [5.74, 6) is -0.419. The molecule has 13 heteroatoms. The summed E-state index contributed by atoms with van der Waals surface area (Å²) in [5.41, 5.74) is 0. The van der Waals surface area contributed by atoms with Crippen LogP contribution >= 0.6 is 0 Å². The lowest BCUT2D eigenvalue weighted by molar-refractivity contribution is -0.301. The Hall–Kier alpha value is -2.20. The maximum atomic E-state index is 12.8. The van der Waals surface area contributed by atoms with Gasteiger partial charge in [0.25, 0.3) is 0 Å². The largest absolute Gasteiger partial charge is 0.457 e. The minimum atomic E-state index is -5.07. The number of aliphatic hydroxyl groups excluding tert-OH is 3. The van der Waals surface area contributed by atoms with Gasteiger partial charge in [-0.05, 0) is 57.8 Å². The predicted octanol–water partition coefficient (Wildman–Crippen LogP) is 8.18. The van der Waals surface area contributed by atoms with Gasteiger partial charge in [0, 0.05) is 13.0 Å². The van der Waals surface area contributed by atoms with E-state index in [-0.39, 0.29) is 19.6 Å². The second-order valence-electron chi connectivity index (χ2n) is 14.2. The number of carbonyl (C=O) groups excluding carboxylic acids is 1. The van der Waals surface area contributed by atoms with Crippen LogP contribution in [0.2, 0.25) is 0 Å². The van der Waals surface area contributed by atoms with E-state index in [0.717, 1.165) is 70.6 Å². The van der Waals surface area contributed by atoms with Crippen LogP contribution in [0.5, 0.6) is 0 Å². The van der Waals surface area contributed by atoms with Crippen molar-refractivity contribution in [3.05, 3.63) is 60.8 Å². The molecule has 6 unspecified atom stereocenters. The number of hydrogen-bond acceptors (Lipinski definition) is 11. The number of unbranched alkanes of at least 4 members (excludes halogenated alkanes) is 12. The topological polar surface area (TPSA) is 178 Å². The van der Waals surface area contributed by atoms with Gasteiger partial charge in [0.1, 0.15) is 30.5 Å². The third-order valence-electron chi connectivity index (χ3n) is 9.15. The van der Waals surface area contributed by atoms with Crippen LogP contribution in [-0.2, 0) is 38.3 Å². The quantitative estimate of drug-likeness (QED) is 0.0209. The highest BCUT2D eigenvalue weighted by atomic mass is 32.3. The number of carbonyl (C=O) groups is 1. The van der Waals surface area contributed by atoms with E-state index in [1.165, 1.54) is 44.9 Å². The first-order valence-electron chi connectivity index (χ1n) is 21.0. The van der Waals surface area contributed by atoms with E-state index >= 15 is 0 Å². The van der Waals surface area contributed by atoms with Crippen molar-refractivity contribution < 1.29 is 56.2 Å². The predicted molar refractivity (Wildman–Crippen MR) is 220 cm³/mol. The lowest BCUT2D eigenvalue weighted by Crippen LogP contribution is -2.60. The van der Waals surface area contributed by atoms with Crippen LogP contribution in [0.3, 0.4) is 0 Å². The van der Waals surface area contributed by atoms with Crippen molar-refractivity contribution in [3.63, 3.8) is 0 Å².